The molecular weight excluding hydrogens is 270 g/mol. The van der Waals surface area contributed by atoms with Crippen LogP contribution in [0, 0.1) is 17.2 Å². The number of nitrogens with zero attached hydrogens (tertiary/aromatic N) is 3. The fourth-order valence-corrected chi connectivity index (χ4v) is 1.08. The predicted molar refractivity (Wildman–Crippen MR) is 53.4 cm³/mol. The highest BCUT2D eigenvalue weighted by Gasteiger charge is 2.41. The molecule has 0 saturated heterocycles. The third-order valence-electron chi connectivity index (χ3n) is 2.06. The summed E-state index contributed by atoms with van der Waals surface area (Å²) in [6.45, 7) is -0.251. The second-order valence-electron chi connectivity index (χ2n) is 3.89. The molecule has 0 radical (unpaired) electrons. The van der Waals surface area contributed by atoms with Crippen molar-refractivity contribution in [1.29, 1.82) is 5.26 Å². The number of rotatable bonds is 7. The smallest absolute Gasteiger partial charge is 0.330 e. The highest BCUT2D eigenvalue weighted by Crippen LogP contribution is 2.23. The molecule has 0 aliphatic rings. The van der Waals surface area contributed by atoms with E-state index in [4.69, 9.17) is 9.78 Å². The van der Waals surface area contributed by atoms with E-state index in [1.54, 1.807) is 6.92 Å². The molecule has 0 spiro atoms. The van der Waals surface area contributed by atoms with E-state index in [9.17, 15) is 17.6 Å². The molecule has 1 heterocycles. The summed E-state index contributed by atoms with van der Waals surface area (Å²) in [5.41, 5.74) is 0. The Morgan fingerprint density at radius 2 is 2.16 bits per heavy atom. The highest BCUT2D eigenvalue weighted by molar-refractivity contribution is 4.91. The zero-order valence-electron chi connectivity index (χ0n) is 9.95. The van der Waals surface area contributed by atoms with Gasteiger partial charge in [0.25, 0.3) is 0 Å². The number of nitriles is 1. The van der Waals surface area contributed by atoms with Crippen molar-refractivity contribution >= 4 is 0 Å². The molecule has 19 heavy (non-hydrogen) atoms. The minimum absolute atomic E-state index is 0.0368. The first-order valence-electron chi connectivity index (χ1n) is 5.30. The molecule has 1 unspecified atom stereocenters. The Bertz CT molecular complexity index is 444. The second-order valence-corrected chi connectivity index (χ2v) is 3.89. The summed E-state index contributed by atoms with van der Waals surface area (Å²) in [6.07, 6.45) is -3.57. The van der Waals surface area contributed by atoms with Crippen LogP contribution in [0.4, 0.5) is 17.6 Å². The Morgan fingerprint density at radius 1 is 1.47 bits per heavy atom. The second kappa shape index (κ2) is 6.47. The third kappa shape index (κ3) is 4.82. The van der Waals surface area contributed by atoms with Gasteiger partial charge in [0.05, 0.1) is 12.0 Å². The molecule has 1 aromatic heterocycles. The summed E-state index contributed by atoms with van der Waals surface area (Å²) in [4.78, 5) is 3.78. The van der Waals surface area contributed by atoms with E-state index in [0.717, 1.165) is 0 Å². The summed E-state index contributed by atoms with van der Waals surface area (Å²) >= 11 is 0. The number of halogens is 4. The summed E-state index contributed by atoms with van der Waals surface area (Å²) in [5, 5.41) is 12.0. The van der Waals surface area contributed by atoms with E-state index >= 15 is 0 Å². The topological polar surface area (TPSA) is 71.9 Å². The number of alkyl halides is 4. The third-order valence-corrected chi connectivity index (χ3v) is 2.06. The van der Waals surface area contributed by atoms with Gasteiger partial charge in [0.15, 0.2) is 5.82 Å². The Kier molecular flexibility index (Phi) is 5.23. The van der Waals surface area contributed by atoms with Crippen LogP contribution in [0.3, 0.4) is 0 Å². The van der Waals surface area contributed by atoms with E-state index in [-0.39, 0.29) is 24.1 Å². The fourth-order valence-electron chi connectivity index (χ4n) is 1.08. The van der Waals surface area contributed by atoms with Crippen molar-refractivity contribution in [3.05, 3.63) is 11.7 Å². The van der Waals surface area contributed by atoms with Gasteiger partial charge in [-0.05, 0) is 6.92 Å². The van der Waals surface area contributed by atoms with Gasteiger partial charge in [-0.3, -0.25) is 0 Å². The van der Waals surface area contributed by atoms with Crippen molar-refractivity contribution in [3.8, 4) is 6.07 Å². The van der Waals surface area contributed by atoms with Gasteiger partial charge in [-0.2, -0.15) is 19.0 Å². The van der Waals surface area contributed by atoms with Crippen molar-refractivity contribution in [1.82, 2.24) is 10.1 Å². The standard InChI is InChI=1S/C10H11F4N3O2/c1-6(3-15)2-8-16-7(17-19-8)4-18-5-10(13,14)9(11)12/h6,9H,2,4-5H2,1H3. The Balaban J connectivity index is 2.41. The number of aromatic nitrogens is 2. The molecule has 9 heteroatoms. The maximum Gasteiger partial charge on any atom is 0.330 e. The molecule has 0 saturated carbocycles. The first-order chi connectivity index (χ1) is 8.85. The SMILES string of the molecule is CC(C#N)Cc1nc(COCC(F)(F)C(F)F)no1. The molecule has 0 aliphatic heterocycles. The lowest BCUT2D eigenvalue weighted by molar-refractivity contribution is -0.168. The van der Waals surface area contributed by atoms with Crippen LogP contribution in [0.25, 0.3) is 0 Å². The van der Waals surface area contributed by atoms with Gasteiger partial charge < -0.3 is 9.26 Å². The largest absolute Gasteiger partial charge is 0.367 e. The van der Waals surface area contributed by atoms with Gasteiger partial charge >= 0.3 is 12.3 Å². The van der Waals surface area contributed by atoms with Crippen LogP contribution in [0.2, 0.25) is 0 Å². The van der Waals surface area contributed by atoms with E-state index in [2.05, 4.69) is 14.9 Å². The minimum Gasteiger partial charge on any atom is -0.367 e. The zero-order valence-corrected chi connectivity index (χ0v) is 9.95. The van der Waals surface area contributed by atoms with Crippen LogP contribution in [0.1, 0.15) is 18.6 Å². The lowest BCUT2D eigenvalue weighted by Gasteiger charge is -2.14. The van der Waals surface area contributed by atoms with Crippen molar-refractivity contribution < 1.29 is 26.8 Å². The fraction of sp³-hybridized carbons (Fsp3) is 0.700. The first-order valence-corrected chi connectivity index (χ1v) is 5.30. The van der Waals surface area contributed by atoms with Gasteiger partial charge in [0.1, 0.15) is 13.2 Å². The summed E-state index contributed by atoms with van der Waals surface area (Å²) in [5.74, 6) is -4.42. The summed E-state index contributed by atoms with van der Waals surface area (Å²) in [7, 11) is 0. The van der Waals surface area contributed by atoms with Crippen LogP contribution in [0.5, 0.6) is 0 Å². The van der Waals surface area contributed by atoms with Crippen LogP contribution < -0.4 is 0 Å². The Morgan fingerprint density at radius 3 is 2.74 bits per heavy atom. The molecule has 0 aromatic carbocycles. The van der Waals surface area contributed by atoms with Gasteiger partial charge in [0, 0.05) is 6.42 Å². The molecule has 0 bridgehead atoms. The molecule has 0 amide bonds. The van der Waals surface area contributed by atoms with Crippen LogP contribution in [0.15, 0.2) is 4.52 Å². The van der Waals surface area contributed by atoms with E-state index < -0.39 is 25.6 Å². The average molecular weight is 281 g/mol. The maximum absolute atomic E-state index is 12.5. The molecule has 5 nitrogen and oxygen atoms in total. The first kappa shape index (κ1) is 15.4. The zero-order chi connectivity index (χ0) is 14.5. The number of hydrogen-bond acceptors (Lipinski definition) is 5. The van der Waals surface area contributed by atoms with E-state index in [0.29, 0.717) is 0 Å². The van der Waals surface area contributed by atoms with Crippen molar-refractivity contribution in [2.75, 3.05) is 6.61 Å². The summed E-state index contributed by atoms with van der Waals surface area (Å²) in [6, 6.07) is 1.96. The highest BCUT2D eigenvalue weighted by atomic mass is 19.3. The predicted octanol–water partition coefficient (Wildman–Crippen LogP) is 2.19. The van der Waals surface area contributed by atoms with Crippen LogP contribution in [-0.2, 0) is 17.8 Å². The lowest BCUT2D eigenvalue weighted by atomic mass is 10.1. The Labute approximate surface area is 106 Å². The van der Waals surface area contributed by atoms with Crippen LogP contribution >= 0.6 is 0 Å². The lowest BCUT2D eigenvalue weighted by Crippen LogP contribution is -2.32. The minimum atomic E-state index is -4.21. The van der Waals surface area contributed by atoms with Gasteiger partial charge in [-0.1, -0.05) is 5.16 Å². The molecule has 0 aliphatic carbocycles. The van der Waals surface area contributed by atoms with Crippen molar-refractivity contribution in [2.45, 2.75) is 32.3 Å². The summed E-state index contributed by atoms with van der Waals surface area (Å²) < 4.78 is 57.8. The Hall–Kier alpha value is -1.69. The number of hydrogen-bond donors (Lipinski definition) is 0. The maximum atomic E-state index is 12.5. The van der Waals surface area contributed by atoms with Gasteiger partial charge in [-0.25, -0.2) is 8.78 Å². The van der Waals surface area contributed by atoms with Crippen LogP contribution in [-0.4, -0.2) is 29.1 Å². The van der Waals surface area contributed by atoms with E-state index in [1.165, 1.54) is 0 Å². The average Bonchev–Trinajstić information content (AvgIpc) is 2.76. The van der Waals surface area contributed by atoms with Gasteiger partial charge in [-0.15, -0.1) is 0 Å². The normalized spacial score (nSPS) is 13.5. The molecule has 1 atom stereocenters. The van der Waals surface area contributed by atoms with Crippen molar-refractivity contribution in [2.24, 2.45) is 5.92 Å². The molecule has 0 fully saturated rings. The molecule has 106 valence electrons. The van der Waals surface area contributed by atoms with Crippen molar-refractivity contribution in [3.63, 3.8) is 0 Å². The molecule has 1 rings (SSSR count). The quantitative estimate of drug-likeness (QED) is 0.716. The molecule has 1 aromatic rings. The van der Waals surface area contributed by atoms with Gasteiger partial charge in [0.2, 0.25) is 5.89 Å². The molecule has 0 N–H and O–H groups in total. The monoisotopic (exact) mass is 281 g/mol. The number of ether oxygens (including phenoxy) is 1. The molecular formula is C10H11F4N3O2. The van der Waals surface area contributed by atoms with E-state index in [1.807, 2.05) is 6.07 Å².